The second kappa shape index (κ2) is 10.3. The molecule has 0 saturated carbocycles. The fraction of sp³-hybridized carbons (Fsp3) is 0.318. The van der Waals surface area contributed by atoms with E-state index < -0.39 is 17.6 Å². The monoisotopic (exact) mass is 449 g/mol. The fourth-order valence-corrected chi connectivity index (χ4v) is 3.05. The van der Waals surface area contributed by atoms with E-state index >= 15 is 0 Å². The predicted octanol–water partition coefficient (Wildman–Crippen LogP) is 3.86. The molecule has 1 amide bonds. The van der Waals surface area contributed by atoms with Crippen LogP contribution in [0.1, 0.15) is 18.4 Å². The Morgan fingerprint density at radius 1 is 1.16 bits per heavy atom. The lowest BCUT2D eigenvalue weighted by Gasteiger charge is -2.15. The Morgan fingerprint density at radius 2 is 1.94 bits per heavy atom. The average molecular weight is 449 g/mol. The Hall–Kier alpha value is -3.40. The van der Waals surface area contributed by atoms with Crippen LogP contribution in [-0.4, -0.2) is 35.8 Å². The zero-order chi connectivity index (χ0) is 23.1. The minimum absolute atomic E-state index is 0.00692. The van der Waals surface area contributed by atoms with Crippen molar-refractivity contribution in [2.45, 2.75) is 25.6 Å². The van der Waals surface area contributed by atoms with Crippen LogP contribution in [-0.2, 0) is 22.3 Å². The van der Waals surface area contributed by atoms with E-state index in [-0.39, 0.29) is 43.2 Å². The Morgan fingerprint density at radius 3 is 2.69 bits per heavy atom. The maximum absolute atomic E-state index is 13.1. The van der Waals surface area contributed by atoms with Gasteiger partial charge >= 0.3 is 6.18 Å². The van der Waals surface area contributed by atoms with Crippen LogP contribution in [0.5, 0.6) is 5.75 Å². The minimum atomic E-state index is -4.56. The summed E-state index contributed by atoms with van der Waals surface area (Å²) in [6.45, 7) is 0.593. The SMILES string of the molecule is COCCOc1ccc(C(F)(F)F)cc1NC(=O)CCCn1cnc2ccccc2c1=O. The van der Waals surface area contributed by atoms with Crippen LogP contribution in [0, 0.1) is 0 Å². The van der Waals surface area contributed by atoms with Crippen molar-refractivity contribution in [3.8, 4) is 5.75 Å². The number of carbonyl (C=O) groups is 1. The van der Waals surface area contributed by atoms with E-state index in [0.717, 1.165) is 18.2 Å². The van der Waals surface area contributed by atoms with E-state index in [2.05, 4.69) is 10.3 Å². The third-order valence-corrected chi connectivity index (χ3v) is 4.66. The number of fused-ring (bicyclic) bond motifs is 1. The standard InChI is InChI=1S/C22H22F3N3O4/c1-31-11-12-32-19-9-8-15(22(23,24)25)13-18(19)27-20(29)7-4-10-28-14-26-17-6-3-2-5-16(17)21(28)30/h2-3,5-6,8-9,13-14H,4,7,10-12H2,1H3,(H,27,29). The third kappa shape index (κ3) is 5.85. The number of nitrogens with one attached hydrogen (secondary N) is 1. The third-order valence-electron chi connectivity index (χ3n) is 4.66. The number of ether oxygens (including phenoxy) is 2. The Balaban J connectivity index is 1.66. The lowest BCUT2D eigenvalue weighted by molar-refractivity contribution is -0.137. The molecule has 32 heavy (non-hydrogen) atoms. The number of anilines is 1. The van der Waals surface area contributed by atoms with Crippen LogP contribution in [0.15, 0.2) is 53.6 Å². The lowest BCUT2D eigenvalue weighted by Crippen LogP contribution is -2.22. The van der Waals surface area contributed by atoms with E-state index in [1.54, 1.807) is 24.3 Å². The van der Waals surface area contributed by atoms with Gasteiger partial charge in [-0.05, 0) is 36.8 Å². The van der Waals surface area contributed by atoms with Crippen molar-refractivity contribution in [2.24, 2.45) is 0 Å². The van der Waals surface area contributed by atoms with Gasteiger partial charge in [0.1, 0.15) is 12.4 Å². The number of aromatic nitrogens is 2. The maximum Gasteiger partial charge on any atom is 0.416 e. The molecule has 3 rings (SSSR count). The second-order valence-electron chi connectivity index (χ2n) is 6.96. The van der Waals surface area contributed by atoms with E-state index in [0.29, 0.717) is 17.3 Å². The Kier molecular flexibility index (Phi) is 7.47. The van der Waals surface area contributed by atoms with Gasteiger partial charge in [0, 0.05) is 20.1 Å². The van der Waals surface area contributed by atoms with Gasteiger partial charge in [0.15, 0.2) is 0 Å². The first-order valence-electron chi connectivity index (χ1n) is 9.86. The first-order valence-corrected chi connectivity index (χ1v) is 9.86. The number of methoxy groups -OCH3 is 1. The van der Waals surface area contributed by atoms with Crippen molar-refractivity contribution < 1.29 is 27.4 Å². The number of amides is 1. The van der Waals surface area contributed by atoms with E-state index in [1.165, 1.54) is 18.0 Å². The lowest BCUT2D eigenvalue weighted by atomic mass is 10.1. The van der Waals surface area contributed by atoms with Gasteiger partial charge in [0.25, 0.3) is 5.56 Å². The quantitative estimate of drug-likeness (QED) is 0.502. The molecule has 2 aromatic carbocycles. The molecular weight excluding hydrogens is 427 g/mol. The molecule has 0 unspecified atom stereocenters. The van der Waals surface area contributed by atoms with Crippen LogP contribution < -0.4 is 15.6 Å². The summed E-state index contributed by atoms with van der Waals surface area (Å²) in [6.07, 6.45) is -2.86. The number of hydrogen-bond donors (Lipinski definition) is 1. The number of carbonyl (C=O) groups excluding carboxylic acids is 1. The summed E-state index contributed by atoms with van der Waals surface area (Å²) in [5.41, 5.74) is -0.620. The molecule has 1 N–H and O–H groups in total. The summed E-state index contributed by atoms with van der Waals surface area (Å²) in [4.78, 5) is 29.1. The van der Waals surface area contributed by atoms with Crippen LogP contribution in [0.4, 0.5) is 18.9 Å². The summed E-state index contributed by atoms with van der Waals surface area (Å²) in [5.74, 6) is -0.388. The van der Waals surface area contributed by atoms with Gasteiger partial charge in [-0.25, -0.2) is 4.98 Å². The smallest absolute Gasteiger partial charge is 0.416 e. The average Bonchev–Trinajstić information content (AvgIpc) is 2.76. The Bertz CT molecular complexity index is 1150. The van der Waals surface area contributed by atoms with E-state index in [4.69, 9.17) is 9.47 Å². The molecule has 0 aliphatic rings. The topological polar surface area (TPSA) is 82.4 Å². The number of rotatable bonds is 9. The number of hydrogen-bond acceptors (Lipinski definition) is 5. The van der Waals surface area contributed by atoms with Crippen LogP contribution in [0.3, 0.4) is 0 Å². The molecule has 1 heterocycles. The molecule has 0 spiro atoms. The number of para-hydroxylation sites is 1. The summed E-state index contributed by atoms with van der Waals surface area (Å²) in [6, 6.07) is 9.81. The van der Waals surface area contributed by atoms with E-state index in [9.17, 15) is 22.8 Å². The normalized spacial score (nSPS) is 11.5. The number of halogens is 3. The summed E-state index contributed by atoms with van der Waals surface area (Å²) in [7, 11) is 1.47. The van der Waals surface area contributed by atoms with Gasteiger partial charge in [-0.2, -0.15) is 13.2 Å². The predicted molar refractivity (Wildman–Crippen MR) is 113 cm³/mol. The summed E-state index contributed by atoms with van der Waals surface area (Å²) in [5, 5.41) is 2.95. The van der Waals surface area contributed by atoms with Crippen molar-refractivity contribution in [2.75, 3.05) is 25.6 Å². The van der Waals surface area contributed by atoms with Crippen molar-refractivity contribution in [3.63, 3.8) is 0 Å². The van der Waals surface area contributed by atoms with Gasteiger partial charge in [-0.15, -0.1) is 0 Å². The second-order valence-corrected chi connectivity index (χ2v) is 6.96. The molecule has 1 aromatic heterocycles. The molecule has 7 nitrogen and oxygen atoms in total. The summed E-state index contributed by atoms with van der Waals surface area (Å²) >= 11 is 0. The molecule has 0 aliphatic heterocycles. The van der Waals surface area contributed by atoms with Gasteiger partial charge in [0.05, 0.1) is 35.1 Å². The summed E-state index contributed by atoms with van der Waals surface area (Å²) < 4.78 is 50.9. The van der Waals surface area contributed by atoms with Gasteiger partial charge in [-0.1, -0.05) is 12.1 Å². The Labute approximate surface area is 181 Å². The maximum atomic E-state index is 13.1. The molecule has 0 saturated heterocycles. The van der Waals surface area contributed by atoms with Crippen molar-refractivity contribution >= 4 is 22.5 Å². The zero-order valence-electron chi connectivity index (χ0n) is 17.3. The number of benzene rings is 2. The highest BCUT2D eigenvalue weighted by molar-refractivity contribution is 5.92. The molecule has 10 heteroatoms. The van der Waals surface area contributed by atoms with E-state index in [1.807, 2.05) is 0 Å². The largest absolute Gasteiger partial charge is 0.489 e. The van der Waals surface area contributed by atoms with Crippen molar-refractivity contribution in [1.29, 1.82) is 0 Å². The highest BCUT2D eigenvalue weighted by Gasteiger charge is 2.31. The zero-order valence-corrected chi connectivity index (χ0v) is 17.3. The molecule has 0 atom stereocenters. The molecule has 170 valence electrons. The number of aryl methyl sites for hydroxylation is 1. The van der Waals surface area contributed by atoms with Gasteiger partial charge in [-0.3, -0.25) is 14.2 Å². The fourth-order valence-electron chi connectivity index (χ4n) is 3.05. The van der Waals surface area contributed by atoms with Crippen LogP contribution in [0.25, 0.3) is 10.9 Å². The molecule has 0 bridgehead atoms. The van der Waals surface area contributed by atoms with Crippen molar-refractivity contribution in [3.05, 3.63) is 64.7 Å². The molecule has 0 aliphatic carbocycles. The molecular formula is C22H22F3N3O4. The first kappa shape index (κ1) is 23.3. The van der Waals surface area contributed by atoms with Crippen LogP contribution >= 0.6 is 0 Å². The van der Waals surface area contributed by atoms with Crippen LogP contribution in [0.2, 0.25) is 0 Å². The minimum Gasteiger partial charge on any atom is -0.489 e. The number of nitrogens with zero attached hydrogens (tertiary/aromatic N) is 2. The molecule has 3 aromatic rings. The van der Waals surface area contributed by atoms with Gasteiger partial charge in [0.2, 0.25) is 5.91 Å². The molecule has 0 radical (unpaired) electrons. The van der Waals surface area contributed by atoms with Crippen molar-refractivity contribution in [1.82, 2.24) is 9.55 Å². The van der Waals surface area contributed by atoms with Gasteiger partial charge < -0.3 is 14.8 Å². The first-order chi connectivity index (χ1) is 15.3. The highest BCUT2D eigenvalue weighted by atomic mass is 19.4. The molecule has 0 fully saturated rings. The highest BCUT2D eigenvalue weighted by Crippen LogP contribution is 2.35. The number of alkyl halides is 3.